The highest BCUT2D eigenvalue weighted by Gasteiger charge is 2.24. The molecule has 0 rings (SSSR count). The molecule has 0 heterocycles. The van der Waals surface area contributed by atoms with Crippen molar-refractivity contribution < 1.29 is 33.6 Å². The predicted molar refractivity (Wildman–Crippen MR) is 135 cm³/mol. The van der Waals surface area contributed by atoms with E-state index in [1.807, 2.05) is 12.4 Å². The molecule has 33 heavy (non-hydrogen) atoms. The molecule has 0 fully saturated rings. The van der Waals surface area contributed by atoms with Gasteiger partial charge in [-0.25, -0.2) is 0 Å². The van der Waals surface area contributed by atoms with Crippen molar-refractivity contribution in [2.75, 3.05) is 39.6 Å². The second-order valence-electron chi connectivity index (χ2n) is 8.99. The van der Waals surface area contributed by atoms with E-state index >= 15 is 0 Å². The van der Waals surface area contributed by atoms with Gasteiger partial charge < -0.3 is 24.2 Å². The normalized spacial score (nSPS) is 14.2. The molecule has 0 aliphatic carbocycles. The first-order chi connectivity index (χ1) is 15.9. The molecular weight excluding hydrogens is 441 g/mol. The molecule has 0 saturated heterocycles. The summed E-state index contributed by atoms with van der Waals surface area (Å²) in [5, 5.41) is 1.82. The quantitative estimate of drug-likeness (QED) is 0.103. The van der Waals surface area contributed by atoms with Gasteiger partial charge >= 0.3 is 13.6 Å². The second kappa shape index (κ2) is 23.3. The van der Waals surface area contributed by atoms with Gasteiger partial charge in [-0.2, -0.15) is 0 Å². The molecule has 0 aromatic rings. The highest BCUT2D eigenvalue weighted by Crippen LogP contribution is 2.40. The number of unbranched alkanes of at least 4 members (excludes halogenated alkanes) is 13. The molecule has 8 heteroatoms. The Hall–Kier alpha value is -0.460. The van der Waals surface area contributed by atoms with Gasteiger partial charge in [0, 0.05) is 13.0 Å². The summed E-state index contributed by atoms with van der Waals surface area (Å²) in [5.41, 5.74) is 0. The maximum Gasteiger partial charge on any atom is 0.333 e. The number of carbonyl (C=O) groups excluding carboxylic acids is 1. The Morgan fingerprint density at radius 1 is 0.848 bits per heavy atom. The van der Waals surface area contributed by atoms with E-state index in [0.717, 1.165) is 12.8 Å². The fourth-order valence-corrected chi connectivity index (χ4v) is 4.67. The van der Waals surface area contributed by atoms with Crippen LogP contribution in [-0.2, 0) is 23.4 Å². The summed E-state index contributed by atoms with van der Waals surface area (Å²) >= 11 is 0. The maximum absolute atomic E-state index is 12.0. The van der Waals surface area contributed by atoms with Crippen LogP contribution < -0.4 is 5.32 Å². The van der Waals surface area contributed by atoms with Crippen LogP contribution in [0.5, 0.6) is 0 Å². The van der Waals surface area contributed by atoms with Crippen LogP contribution in [0.1, 0.15) is 110 Å². The van der Waals surface area contributed by atoms with Crippen molar-refractivity contribution in [2.24, 2.45) is 0 Å². The number of esters is 1. The largest absolute Gasteiger partial charge is 0.457 e. The van der Waals surface area contributed by atoms with Crippen molar-refractivity contribution >= 4 is 13.6 Å². The van der Waals surface area contributed by atoms with Crippen molar-refractivity contribution in [3.05, 3.63) is 0 Å². The van der Waals surface area contributed by atoms with Gasteiger partial charge in [0.05, 0.1) is 33.0 Å². The Bertz CT molecular complexity index is 492. The monoisotopic (exact) mass is 494 g/mol. The molecule has 0 amide bonds. The molecule has 0 aromatic carbocycles. The molecule has 2 atom stereocenters. The zero-order valence-electron chi connectivity index (χ0n) is 21.7. The van der Waals surface area contributed by atoms with Gasteiger partial charge in [0.1, 0.15) is 6.10 Å². The summed E-state index contributed by atoms with van der Waals surface area (Å²) in [7, 11) is -1.84. The first-order valence-electron chi connectivity index (χ1n) is 13.5. The molecule has 198 valence electrons. The zero-order valence-corrected chi connectivity index (χ0v) is 22.6. The van der Waals surface area contributed by atoms with Crippen LogP contribution in [0.15, 0.2) is 0 Å². The number of quaternary nitrogens is 1. The lowest BCUT2D eigenvalue weighted by atomic mass is 10.0. The van der Waals surface area contributed by atoms with Crippen LogP contribution in [0, 0.1) is 0 Å². The third kappa shape index (κ3) is 23.1. The summed E-state index contributed by atoms with van der Waals surface area (Å²) in [6.07, 6.45) is 18.0. The summed E-state index contributed by atoms with van der Waals surface area (Å²) in [6, 6.07) is 0. The highest BCUT2D eigenvalue weighted by molar-refractivity contribution is 7.52. The van der Waals surface area contributed by atoms with E-state index in [0.29, 0.717) is 13.2 Å². The van der Waals surface area contributed by atoms with E-state index in [1.54, 1.807) is 6.92 Å². The highest BCUT2D eigenvalue weighted by atomic mass is 31.2. The molecule has 0 aliphatic rings. The molecule has 0 spiro atoms. The van der Waals surface area contributed by atoms with Crippen molar-refractivity contribution in [3.63, 3.8) is 0 Å². The molecular formula is C25H53NO6P+. The van der Waals surface area contributed by atoms with E-state index in [2.05, 4.69) is 6.92 Å². The van der Waals surface area contributed by atoms with E-state index in [4.69, 9.17) is 14.0 Å². The third-order valence-electron chi connectivity index (χ3n) is 5.70. The van der Waals surface area contributed by atoms with Crippen LogP contribution in [0.25, 0.3) is 0 Å². The van der Waals surface area contributed by atoms with E-state index in [-0.39, 0.29) is 31.8 Å². The molecule has 0 aliphatic heterocycles. The van der Waals surface area contributed by atoms with Crippen molar-refractivity contribution in [1.29, 1.82) is 0 Å². The Morgan fingerprint density at radius 3 is 1.85 bits per heavy atom. The summed E-state index contributed by atoms with van der Waals surface area (Å²) in [6.45, 7) is 5.14. The minimum absolute atomic E-state index is 0.0673. The molecule has 3 N–H and O–H groups in total. The van der Waals surface area contributed by atoms with Crippen LogP contribution in [-0.4, -0.2) is 56.5 Å². The van der Waals surface area contributed by atoms with E-state index < -0.39 is 13.7 Å². The van der Waals surface area contributed by atoms with Gasteiger partial charge in [0.2, 0.25) is 0 Å². The fraction of sp³-hybridized carbons (Fsp3) is 0.960. The summed E-state index contributed by atoms with van der Waals surface area (Å²) < 4.78 is 28.1. The Kier molecular flexibility index (Phi) is 23.0. The molecule has 0 aromatic heterocycles. The molecule has 7 nitrogen and oxygen atoms in total. The lowest BCUT2D eigenvalue weighted by Crippen LogP contribution is -2.80. The summed E-state index contributed by atoms with van der Waals surface area (Å²) in [5.74, 6) is -0.363. The van der Waals surface area contributed by atoms with Gasteiger partial charge in [0.25, 0.3) is 0 Å². The van der Waals surface area contributed by atoms with Gasteiger partial charge in [-0.15, -0.1) is 0 Å². The fourth-order valence-electron chi connectivity index (χ4n) is 3.56. The van der Waals surface area contributed by atoms with E-state index in [9.17, 15) is 14.3 Å². The lowest BCUT2D eigenvalue weighted by molar-refractivity contribution is -0.622. The van der Waals surface area contributed by atoms with Crippen LogP contribution in [0.3, 0.4) is 0 Å². The van der Waals surface area contributed by atoms with Crippen molar-refractivity contribution in [1.82, 2.24) is 0 Å². The Labute approximate surface area is 203 Å². The first kappa shape index (κ1) is 32.5. The Balaban J connectivity index is 3.73. The van der Waals surface area contributed by atoms with Crippen LogP contribution in [0.4, 0.5) is 0 Å². The number of carbonyl (C=O) groups is 1. The Morgan fingerprint density at radius 2 is 1.36 bits per heavy atom. The van der Waals surface area contributed by atoms with E-state index in [1.165, 1.54) is 77.0 Å². The van der Waals surface area contributed by atoms with Crippen LogP contribution in [0.2, 0.25) is 0 Å². The average molecular weight is 495 g/mol. The van der Waals surface area contributed by atoms with Crippen LogP contribution >= 0.6 is 7.60 Å². The third-order valence-corrected chi connectivity index (χ3v) is 7.07. The zero-order chi connectivity index (χ0) is 24.6. The average Bonchev–Trinajstić information content (AvgIpc) is 2.80. The van der Waals surface area contributed by atoms with Crippen molar-refractivity contribution in [2.45, 2.75) is 116 Å². The standard InChI is InChI=1S/C25H52NO6P/c1-4-6-7-8-9-10-11-12-13-14-15-16-17-18-20-30-22-24(32-25(27)5-2)23-31-33(28,29)21-19-26-3/h24,26H,4-23H2,1-3H3,(H,28,29)/p+1. The minimum Gasteiger partial charge on any atom is -0.457 e. The minimum atomic E-state index is -3.67. The van der Waals surface area contributed by atoms with Gasteiger partial charge in [0.15, 0.2) is 0 Å². The van der Waals surface area contributed by atoms with Gasteiger partial charge in [-0.3, -0.25) is 9.36 Å². The second-order valence-corrected chi connectivity index (χ2v) is 11.0. The lowest BCUT2D eigenvalue weighted by Gasteiger charge is -2.19. The van der Waals surface area contributed by atoms with Gasteiger partial charge in [-0.05, 0) is 6.42 Å². The number of hydrogen-bond acceptors (Lipinski definition) is 5. The number of rotatable bonds is 25. The molecule has 0 radical (unpaired) electrons. The molecule has 0 bridgehead atoms. The van der Waals surface area contributed by atoms with Crippen molar-refractivity contribution in [3.8, 4) is 0 Å². The predicted octanol–water partition coefficient (Wildman–Crippen LogP) is 5.20. The first-order valence-corrected chi connectivity index (χ1v) is 15.2. The molecule has 0 saturated carbocycles. The number of nitrogens with two attached hydrogens (primary N) is 1. The topological polar surface area (TPSA) is 98.7 Å². The number of hydrogen-bond donors (Lipinski definition) is 2. The SMILES string of the molecule is CCCCCCCCCCCCCCCCOCC(COP(=O)(O)CC[NH2+]C)OC(=O)CC. The summed E-state index contributed by atoms with van der Waals surface area (Å²) in [4.78, 5) is 21.5. The smallest absolute Gasteiger partial charge is 0.333 e. The number of ether oxygens (including phenoxy) is 2. The maximum atomic E-state index is 12.0. The molecule has 2 unspecified atom stereocenters. The van der Waals surface area contributed by atoms with Gasteiger partial charge in [-0.1, -0.05) is 97.3 Å².